The molecule has 0 saturated carbocycles. The lowest BCUT2D eigenvalue weighted by molar-refractivity contribution is 0.415. The second-order valence-electron chi connectivity index (χ2n) is 6.51. The largest absolute Gasteiger partial charge is 0.497 e. The van der Waals surface area contributed by atoms with Gasteiger partial charge in [-0.15, -0.1) is 0 Å². The first-order valence-electron chi connectivity index (χ1n) is 8.86. The van der Waals surface area contributed by atoms with Crippen LogP contribution in [0.5, 0.6) is 5.75 Å². The van der Waals surface area contributed by atoms with Crippen molar-refractivity contribution in [2.24, 2.45) is 0 Å². The Balaban J connectivity index is 1.97. The molecule has 4 heteroatoms. The van der Waals surface area contributed by atoms with E-state index in [2.05, 4.69) is 0 Å². The van der Waals surface area contributed by atoms with Gasteiger partial charge in [0.05, 0.1) is 24.6 Å². The van der Waals surface area contributed by atoms with E-state index in [1.165, 1.54) is 0 Å². The molecule has 4 rings (SSSR count). The van der Waals surface area contributed by atoms with E-state index in [9.17, 15) is 4.79 Å². The number of nitrogens with zero attached hydrogens (tertiary/aromatic N) is 2. The normalized spacial score (nSPS) is 10.9. The van der Waals surface area contributed by atoms with Crippen LogP contribution in [0.1, 0.15) is 11.1 Å². The summed E-state index contributed by atoms with van der Waals surface area (Å²) in [6.07, 6.45) is 0. The van der Waals surface area contributed by atoms with Crippen molar-refractivity contribution in [3.05, 3.63) is 94.3 Å². The first kappa shape index (κ1) is 17.0. The van der Waals surface area contributed by atoms with Crippen molar-refractivity contribution in [1.29, 1.82) is 0 Å². The summed E-state index contributed by atoms with van der Waals surface area (Å²) in [7, 11) is 1.64. The molecule has 0 spiro atoms. The lowest BCUT2D eigenvalue weighted by Crippen LogP contribution is -2.24. The fourth-order valence-electron chi connectivity index (χ4n) is 3.26. The Bertz CT molecular complexity index is 1150. The highest BCUT2D eigenvalue weighted by Crippen LogP contribution is 2.23. The van der Waals surface area contributed by atoms with E-state index < -0.39 is 0 Å². The number of ether oxygens (including phenoxy) is 1. The molecule has 4 nitrogen and oxygen atoms in total. The molecule has 27 heavy (non-hydrogen) atoms. The molecule has 0 fully saturated rings. The van der Waals surface area contributed by atoms with Crippen molar-refractivity contribution in [2.75, 3.05) is 7.11 Å². The molecule has 0 amide bonds. The third-order valence-corrected chi connectivity index (χ3v) is 4.72. The summed E-state index contributed by atoms with van der Waals surface area (Å²) in [6.45, 7) is 2.45. The van der Waals surface area contributed by atoms with Crippen molar-refractivity contribution in [3.63, 3.8) is 0 Å². The summed E-state index contributed by atoms with van der Waals surface area (Å²) in [5.74, 6) is 1.43. The Kier molecular flexibility index (Phi) is 4.47. The standard InChI is InChI=1S/C23H20N2O2/c1-16-7-6-10-20-21(16)24-22(18-11-13-19(27-2)14-12-18)25(23(20)26)15-17-8-4-3-5-9-17/h3-14H,15H2,1-2H3. The molecular weight excluding hydrogens is 336 g/mol. The monoisotopic (exact) mass is 356 g/mol. The first-order chi connectivity index (χ1) is 13.2. The van der Waals surface area contributed by atoms with Gasteiger partial charge >= 0.3 is 0 Å². The van der Waals surface area contributed by atoms with Crippen LogP contribution in [0, 0.1) is 6.92 Å². The van der Waals surface area contributed by atoms with Gasteiger partial charge in [0.15, 0.2) is 0 Å². The van der Waals surface area contributed by atoms with E-state index in [0.717, 1.165) is 28.0 Å². The van der Waals surface area contributed by atoms with Gasteiger partial charge in [-0.1, -0.05) is 42.5 Å². The molecule has 0 unspecified atom stereocenters. The van der Waals surface area contributed by atoms with Crippen LogP contribution in [0.2, 0.25) is 0 Å². The number of fused-ring (bicyclic) bond motifs is 1. The van der Waals surface area contributed by atoms with Crippen LogP contribution >= 0.6 is 0 Å². The van der Waals surface area contributed by atoms with Gasteiger partial charge in [0.25, 0.3) is 5.56 Å². The first-order valence-corrected chi connectivity index (χ1v) is 8.86. The zero-order chi connectivity index (χ0) is 18.8. The van der Waals surface area contributed by atoms with E-state index >= 15 is 0 Å². The second-order valence-corrected chi connectivity index (χ2v) is 6.51. The van der Waals surface area contributed by atoms with Crippen LogP contribution in [0.15, 0.2) is 77.6 Å². The molecule has 0 radical (unpaired) electrons. The number of benzene rings is 3. The van der Waals surface area contributed by atoms with Gasteiger partial charge in [0.2, 0.25) is 0 Å². The molecule has 0 aliphatic rings. The minimum atomic E-state index is -0.0293. The van der Waals surface area contributed by atoms with Crippen molar-refractivity contribution in [2.45, 2.75) is 13.5 Å². The molecule has 0 atom stereocenters. The lowest BCUT2D eigenvalue weighted by atomic mass is 10.1. The highest BCUT2D eigenvalue weighted by Gasteiger charge is 2.14. The van der Waals surface area contributed by atoms with Crippen LogP contribution in [0.25, 0.3) is 22.3 Å². The van der Waals surface area contributed by atoms with Crippen LogP contribution in [0.3, 0.4) is 0 Å². The average Bonchev–Trinajstić information content (AvgIpc) is 2.71. The van der Waals surface area contributed by atoms with Crippen molar-refractivity contribution < 1.29 is 4.74 Å². The van der Waals surface area contributed by atoms with E-state index in [0.29, 0.717) is 17.8 Å². The molecule has 0 aliphatic carbocycles. The Hall–Kier alpha value is -3.40. The molecule has 1 aromatic heterocycles. The number of para-hydroxylation sites is 1. The molecule has 4 aromatic rings. The molecule has 0 aliphatic heterocycles. The van der Waals surface area contributed by atoms with Gasteiger partial charge in [-0.05, 0) is 48.4 Å². The Morgan fingerprint density at radius 3 is 2.37 bits per heavy atom. The van der Waals surface area contributed by atoms with Gasteiger partial charge in [0, 0.05) is 5.56 Å². The molecule has 134 valence electrons. The third kappa shape index (κ3) is 3.22. The third-order valence-electron chi connectivity index (χ3n) is 4.72. The predicted octanol–water partition coefficient (Wildman–Crippen LogP) is 4.43. The van der Waals surface area contributed by atoms with E-state index in [1.54, 1.807) is 11.7 Å². The van der Waals surface area contributed by atoms with E-state index in [-0.39, 0.29) is 5.56 Å². The summed E-state index contributed by atoms with van der Waals surface area (Å²) in [5, 5.41) is 0.642. The Morgan fingerprint density at radius 1 is 0.926 bits per heavy atom. The molecule has 0 saturated heterocycles. The summed E-state index contributed by atoms with van der Waals surface area (Å²) in [6, 6.07) is 23.3. The van der Waals surface area contributed by atoms with E-state index in [1.807, 2.05) is 79.7 Å². The van der Waals surface area contributed by atoms with E-state index in [4.69, 9.17) is 9.72 Å². The van der Waals surface area contributed by atoms with Gasteiger partial charge in [-0.2, -0.15) is 0 Å². The van der Waals surface area contributed by atoms with Crippen molar-refractivity contribution in [3.8, 4) is 17.1 Å². The van der Waals surface area contributed by atoms with Crippen LogP contribution in [0.4, 0.5) is 0 Å². The minimum Gasteiger partial charge on any atom is -0.497 e. The van der Waals surface area contributed by atoms with Gasteiger partial charge in [-0.3, -0.25) is 9.36 Å². The Labute approximate surface area is 157 Å². The number of aromatic nitrogens is 2. The van der Waals surface area contributed by atoms with Gasteiger partial charge < -0.3 is 4.74 Å². The Morgan fingerprint density at radius 2 is 1.67 bits per heavy atom. The quantitative estimate of drug-likeness (QED) is 0.543. The second kappa shape index (κ2) is 7.08. The molecule has 1 heterocycles. The molecule has 3 aromatic carbocycles. The summed E-state index contributed by atoms with van der Waals surface area (Å²) in [5.41, 5.74) is 3.65. The van der Waals surface area contributed by atoms with Crippen LogP contribution in [-0.4, -0.2) is 16.7 Å². The summed E-state index contributed by atoms with van der Waals surface area (Å²) < 4.78 is 7.00. The highest BCUT2D eigenvalue weighted by molar-refractivity contribution is 5.82. The van der Waals surface area contributed by atoms with Crippen LogP contribution < -0.4 is 10.3 Å². The fourth-order valence-corrected chi connectivity index (χ4v) is 3.26. The lowest BCUT2D eigenvalue weighted by Gasteiger charge is -2.15. The molecular formula is C23H20N2O2. The smallest absolute Gasteiger partial charge is 0.261 e. The van der Waals surface area contributed by atoms with Crippen molar-refractivity contribution >= 4 is 10.9 Å². The SMILES string of the molecule is COc1ccc(-c2nc3c(C)cccc3c(=O)n2Cc2ccccc2)cc1. The minimum absolute atomic E-state index is 0.0293. The van der Waals surface area contributed by atoms with Gasteiger partial charge in [0.1, 0.15) is 11.6 Å². The predicted molar refractivity (Wildman–Crippen MR) is 108 cm³/mol. The number of hydrogen-bond acceptors (Lipinski definition) is 3. The zero-order valence-corrected chi connectivity index (χ0v) is 15.3. The topological polar surface area (TPSA) is 44.1 Å². The highest BCUT2D eigenvalue weighted by atomic mass is 16.5. The maximum Gasteiger partial charge on any atom is 0.261 e. The molecule has 0 bridgehead atoms. The number of methoxy groups -OCH3 is 1. The average molecular weight is 356 g/mol. The summed E-state index contributed by atoms with van der Waals surface area (Å²) >= 11 is 0. The number of rotatable bonds is 4. The van der Waals surface area contributed by atoms with Crippen LogP contribution in [-0.2, 0) is 6.54 Å². The zero-order valence-electron chi connectivity index (χ0n) is 15.3. The maximum atomic E-state index is 13.3. The van der Waals surface area contributed by atoms with Gasteiger partial charge in [-0.25, -0.2) is 4.98 Å². The maximum absolute atomic E-state index is 13.3. The number of aryl methyl sites for hydroxylation is 1. The molecule has 0 N–H and O–H groups in total. The number of hydrogen-bond donors (Lipinski definition) is 0. The van der Waals surface area contributed by atoms with Crippen molar-refractivity contribution in [1.82, 2.24) is 9.55 Å². The fraction of sp³-hybridized carbons (Fsp3) is 0.130. The summed E-state index contributed by atoms with van der Waals surface area (Å²) in [4.78, 5) is 18.2.